The van der Waals surface area contributed by atoms with Gasteiger partial charge in [0, 0.05) is 18.3 Å². The molecular weight excluding hydrogens is 279 g/mol. The minimum atomic E-state index is -4.49. The number of hydrogen-bond donors (Lipinski definition) is 1. The van der Waals surface area contributed by atoms with Gasteiger partial charge in [0.2, 0.25) is 0 Å². The predicted molar refractivity (Wildman–Crippen MR) is 74.9 cm³/mol. The number of anilines is 1. The highest BCUT2D eigenvalue weighted by molar-refractivity contribution is 5.53. The second-order valence-electron chi connectivity index (χ2n) is 5.38. The van der Waals surface area contributed by atoms with Gasteiger partial charge in [0.05, 0.1) is 17.2 Å². The lowest BCUT2D eigenvalue weighted by atomic mass is 10.0. The highest BCUT2D eigenvalue weighted by Crippen LogP contribution is 2.33. The van der Waals surface area contributed by atoms with Gasteiger partial charge in [-0.1, -0.05) is 6.42 Å². The van der Waals surface area contributed by atoms with E-state index in [-0.39, 0.29) is 5.56 Å². The van der Waals surface area contributed by atoms with Crippen LogP contribution < -0.4 is 5.32 Å². The van der Waals surface area contributed by atoms with E-state index in [0.29, 0.717) is 18.3 Å². The average Bonchev–Trinajstić information content (AvgIpc) is 2.45. The zero-order valence-electron chi connectivity index (χ0n) is 11.9. The van der Waals surface area contributed by atoms with Crippen LogP contribution in [0.15, 0.2) is 18.2 Å². The standard InChI is InChI=1S/C15H18F3N3/c1-21-7-3-2-4-13(21)10-20-12-5-6-14(15(16,17)18)11(8-12)9-19/h5-6,8,13,20H,2-4,7,10H2,1H3. The number of piperidine rings is 1. The van der Waals surface area contributed by atoms with Crippen molar-refractivity contribution in [2.24, 2.45) is 0 Å². The van der Waals surface area contributed by atoms with E-state index in [1.54, 1.807) is 6.07 Å². The predicted octanol–water partition coefficient (Wildman–Crippen LogP) is 3.47. The Balaban J connectivity index is 2.06. The average molecular weight is 297 g/mol. The van der Waals surface area contributed by atoms with Gasteiger partial charge in [-0.3, -0.25) is 0 Å². The molecule has 3 nitrogen and oxygen atoms in total. The monoisotopic (exact) mass is 297 g/mol. The smallest absolute Gasteiger partial charge is 0.383 e. The van der Waals surface area contributed by atoms with E-state index in [2.05, 4.69) is 17.3 Å². The Hall–Kier alpha value is -1.74. The van der Waals surface area contributed by atoms with Crippen molar-refractivity contribution in [3.63, 3.8) is 0 Å². The molecule has 1 aliphatic heterocycles. The molecular formula is C15H18F3N3. The Morgan fingerprint density at radius 2 is 2.14 bits per heavy atom. The number of nitrogens with zero attached hydrogens (tertiary/aromatic N) is 2. The van der Waals surface area contributed by atoms with Crippen LogP contribution in [0.3, 0.4) is 0 Å². The number of likely N-dealkylation sites (tertiary alicyclic amines) is 1. The molecule has 0 bridgehead atoms. The van der Waals surface area contributed by atoms with E-state index in [0.717, 1.165) is 19.0 Å². The van der Waals surface area contributed by atoms with Crippen LogP contribution in [-0.2, 0) is 6.18 Å². The summed E-state index contributed by atoms with van der Waals surface area (Å²) in [5.41, 5.74) is -0.673. The molecule has 21 heavy (non-hydrogen) atoms. The van der Waals surface area contributed by atoms with Gasteiger partial charge in [0.15, 0.2) is 0 Å². The Morgan fingerprint density at radius 1 is 1.38 bits per heavy atom. The lowest BCUT2D eigenvalue weighted by molar-refractivity contribution is -0.137. The van der Waals surface area contributed by atoms with Crippen LogP contribution in [-0.4, -0.2) is 31.1 Å². The van der Waals surface area contributed by atoms with Gasteiger partial charge in [0.1, 0.15) is 0 Å². The van der Waals surface area contributed by atoms with E-state index in [1.807, 2.05) is 0 Å². The summed E-state index contributed by atoms with van der Waals surface area (Å²) in [5, 5.41) is 12.0. The molecule has 1 fully saturated rings. The molecule has 1 atom stereocenters. The molecule has 1 aliphatic rings. The van der Waals surface area contributed by atoms with Crippen LogP contribution in [0.4, 0.5) is 18.9 Å². The van der Waals surface area contributed by atoms with Gasteiger partial charge < -0.3 is 10.2 Å². The summed E-state index contributed by atoms with van der Waals surface area (Å²) in [4.78, 5) is 2.26. The Labute approximate surface area is 122 Å². The quantitative estimate of drug-likeness (QED) is 0.928. The van der Waals surface area contributed by atoms with Crippen molar-refractivity contribution in [3.8, 4) is 6.07 Å². The Bertz CT molecular complexity index is 534. The molecule has 0 aliphatic carbocycles. The SMILES string of the molecule is CN1CCCCC1CNc1ccc(C(F)(F)F)c(C#N)c1. The Morgan fingerprint density at radius 3 is 2.76 bits per heavy atom. The first-order valence-electron chi connectivity index (χ1n) is 6.97. The van der Waals surface area contributed by atoms with Gasteiger partial charge in [-0.05, 0) is 44.6 Å². The van der Waals surface area contributed by atoms with E-state index < -0.39 is 11.7 Å². The summed E-state index contributed by atoms with van der Waals surface area (Å²) in [6, 6.07) is 5.61. The van der Waals surface area contributed by atoms with E-state index in [1.165, 1.54) is 25.0 Å². The molecule has 114 valence electrons. The van der Waals surface area contributed by atoms with Gasteiger partial charge in [-0.2, -0.15) is 18.4 Å². The zero-order chi connectivity index (χ0) is 15.5. The van der Waals surface area contributed by atoms with Crippen molar-refractivity contribution in [2.75, 3.05) is 25.5 Å². The Kier molecular flexibility index (Phi) is 4.73. The molecule has 1 N–H and O–H groups in total. The van der Waals surface area contributed by atoms with Crippen molar-refractivity contribution in [1.29, 1.82) is 5.26 Å². The van der Waals surface area contributed by atoms with Crippen LogP contribution in [0, 0.1) is 11.3 Å². The number of halogens is 3. The fourth-order valence-corrected chi connectivity index (χ4v) is 2.63. The van der Waals surface area contributed by atoms with E-state index in [9.17, 15) is 13.2 Å². The van der Waals surface area contributed by atoms with Crippen molar-refractivity contribution >= 4 is 5.69 Å². The third kappa shape index (κ3) is 3.88. The van der Waals surface area contributed by atoms with Gasteiger partial charge in [-0.15, -0.1) is 0 Å². The fourth-order valence-electron chi connectivity index (χ4n) is 2.63. The number of rotatable bonds is 3. The highest BCUT2D eigenvalue weighted by Gasteiger charge is 2.33. The van der Waals surface area contributed by atoms with Crippen LogP contribution in [0.2, 0.25) is 0 Å². The first-order chi connectivity index (χ1) is 9.91. The maximum Gasteiger partial charge on any atom is 0.417 e. The topological polar surface area (TPSA) is 39.1 Å². The molecule has 0 spiro atoms. The van der Waals surface area contributed by atoms with Gasteiger partial charge in [0.25, 0.3) is 0 Å². The largest absolute Gasteiger partial charge is 0.417 e. The lowest BCUT2D eigenvalue weighted by Gasteiger charge is -2.32. The summed E-state index contributed by atoms with van der Waals surface area (Å²) in [7, 11) is 2.05. The first kappa shape index (κ1) is 15.6. The molecule has 0 amide bonds. The second kappa shape index (κ2) is 6.35. The minimum Gasteiger partial charge on any atom is -0.383 e. The minimum absolute atomic E-state index is 0.343. The molecule has 0 radical (unpaired) electrons. The molecule has 1 aromatic rings. The molecule has 1 saturated heterocycles. The van der Waals surface area contributed by atoms with Crippen molar-refractivity contribution in [1.82, 2.24) is 4.90 Å². The first-order valence-corrected chi connectivity index (χ1v) is 6.97. The van der Waals surface area contributed by atoms with Crippen LogP contribution in [0.5, 0.6) is 0 Å². The maximum atomic E-state index is 12.7. The fraction of sp³-hybridized carbons (Fsp3) is 0.533. The number of benzene rings is 1. The molecule has 6 heteroatoms. The molecule has 1 heterocycles. The summed E-state index contributed by atoms with van der Waals surface area (Å²) in [6.45, 7) is 1.72. The van der Waals surface area contributed by atoms with Gasteiger partial charge in [-0.25, -0.2) is 0 Å². The van der Waals surface area contributed by atoms with Gasteiger partial charge >= 0.3 is 6.18 Å². The van der Waals surface area contributed by atoms with Crippen molar-refractivity contribution in [3.05, 3.63) is 29.3 Å². The molecule has 0 aromatic heterocycles. The summed E-state index contributed by atoms with van der Waals surface area (Å²) < 4.78 is 38.2. The zero-order valence-corrected chi connectivity index (χ0v) is 11.9. The third-order valence-electron chi connectivity index (χ3n) is 3.91. The lowest BCUT2D eigenvalue weighted by Crippen LogP contribution is -2.40. The number of likely N-dealkylation sites (N-methyl/N-ethyl adjacent to an activating group) is 1. The van der Waals surface area contributed by atoms with Crippen molar-refractivity contribution < 1.29 is 13.2 Å². The second-order valence-corrected chi connectivity index (χ2v) is 5.38. The number of hydrogen-bond acceptors (Lipinski definition) is 3. The molecule has 2 rings (SSSR count). The summed E-state index contributed by atoms with van der Waals surface area (Å²) >= 11 is 0. The number of nitriles is 1. The third-order valence-corrected chi connectivity index (χ3v) is 3.91. The maximum absolute atomic E-state index is 12.7. The molecule has 1 unspecified atom stereocenters. The van der Waals surface area contributed by atoms with E-state index >= 15 is 0 Å². The van der Waals surface area contributed by atoms with Crippen LogP contribution in [0.1, 0.15) is 30.4 Å². The summed E-state index contributed by atoms with van der Waals surface area (Å²) in [5.74, 6) is 0. The molecule has 1 aromatic carbocycles. The highest BCUT2D eigenvalue weighted by atomic mass is 19.4. The number of nitrogens with one attached hydrogen (secondary N) is 1. The molecule has 0 saturated carbocycles. The van der Waals surface area contributed by atoms with Crippen LogP contribution >= 0.6 is 0 Å². The van der Waals surface area contributed by atoms with Crippen LogP contribution in [0.25, 0.3) is 0 Å². The van der Waals surface area contributed by atoms with E-state index in [4.69, 9.17) is 5.26 Å². The number of alkyl halides is 3. The van der Waals surface area contributed by atoms with Crippen molar-refractivity contribution in [2.45, 2.75) is 31.5 Å². The normalized spacial score (nSPS) is 20.0. The summed E-state index contributed by atoms with van der Waals surface area (Å²) in [6.07, 6.45) is -1.05.